The first-order valence-electron chi connectivity index (χ1n) is 5.21. The third kappa shape index (κ3) is 2.11. The Morgan fingerprint density at radius 1 is 1.62 bits per heavy atom. The second-order valence-corrected chi connectivity index (χ2v) is 3.86. The molecule has 2 heterocycles. The summed E-state index contributed by atoms with van der Waals surface area (Å²) >= 11 is 0. The van der Waals surface area contributed by atoms with Crippen LogP contribution >= 0.6 is 0 Å². The van der Waals surface area contributed by atoms with Gasteiger partial charge in [-0.25, -0.2) is 4.98 Å². The number of aromatic nitrogens is 2. The van der Waals surface area contributed by atoms with Gasteiger partial charge in [0.2, 0.25) is 0 Å². The number of likely N-dealkylation sites (N-methyl/N-ethyl adjacent to an activating group) is 1. The van der Waals surface area contributed by atoms with Crippen LogP contribution in [0.1, 0.15) is 16.9 Å². The van der Waals surface area contributed by atoms with E-state index in [1.54, 1.807) is 11.9 Å². The molecule has 6 heteroatoms. The molecule has 1 saturated heterocycles. The smallest absolute Gasteiger partial charge is 0.274 e. The van der Waals surface area contributed by atoms with Crippen LogP contribution in [0, 0.1) is 0 Å². The van der Waals surface area contributed by atoms with E-state index in [0.717, 1.165) is 25.7 Å². The van der Waals surface area contributed by atoms with Gasteiger partial charge < -0.3 is 15.2 Å². The summed E-state index contributed by atoms with van der Waals surface area (Å²) < 4.78 is 0. The Morgan fingerprint density at radius 2 is 2.44 bits per heavy atom. The van der Waals surface area contributed by atoms with Gasteiger partial charge in [-0.05, 0) is 13.0 Å². The molecule has 0 aromatic carbocycles. The Kier molecular flexibility index (Phi) is 3.00. The maximum absolute atomic E-state index is 12.0. The van der Waals surface area contributed by atoms with Crippen molar-refractivity contribution < 1.29 is 4.79 Å². The fraction of sp³-hybridized carbons (Fsp3) is 0.500. The zero-order valence-electron chi connectivity index (χ0n) is 9.06. The zero-order valence-corrected chi connectivity index (χ0v) is 9.06. The number of aromatic amines is 1. The molecular formula is C10H14N4O2. The first-order chi connectivity index (χ1) is 7.68. The monoisotopic (exact) mass is 222 g/mol. The van der Waals surface area contributed by atoms with Gasteiger partial charge >= 0.3 is 0 Å². The van der Waals surface area contributed by atoms with Gasteiger partial charge in [0.1, 0.15) is 5.69 Å². The molecule has 1 aromatic heterocycles. The molecule has 86 valence electrons. The van der Waals surface area contributed by atoms with Crippen molar-refractivity contribution in [1.29, 1.82) is 0 Å². The standard InChI is InChI=1S/C10H14N4O2/c1-14(7-2-3-11-4-7)10(16)8-5-13-9(15)6-12-8/h5-7,11H,2-4H2,1H3,(H,13,15). The predicted octanol–water partition coefficient (Wildman–Crippen LogP) is -0.796. The number of hydrogen-bond acceptors (Lipinski definition) is 4. The first-order valence-corrected chi connectivity index (χ1v) is 5.21. The Morgan fingerprint density at radius 3 is 3.00 bits per heavy atom. The van der Waals surface area contributed by atoms with E-state index in [1.165, 1.54) is 6.20 Å². The minimum absolute atomic E-state index is 0.162. The second kappa shape index (κ2) is 4.44. The first kappa shape index (κ1) is 10.8. The average Bonchev–Trinajstić information content (AvgIpc) is 2.81. The number of hydrogen-bond donors (Lipinski definition) is 2. The number of carbonyl (C=O) groups is 1. The molecule has 1 unspecified atom stereocenters. The Bertz CT molecular complexity index is 416. The summed E-state index contributed by atoms with van der Waals surface area (Å²) in [5.41, 5.74) is -0.0317. The van der Waals surface area contributed by atoms with Crippen molar-refractivity contribution in [3.8, 4) is 0 Å². The van der Waals surface area contributed by atoms with Crippen molar-refractivity contribution in [1.82, 2.24) is 20.2 Å². The van der Waals surface area contributed by atoms with Crippen LogP contribution in [0.5, 0.6) is 0 Å². The summed E-state index contributed by atoms with van der Waals surface area (Å²) in [6.45, 7) is 1.74. The lowest BCUT2D eigenvalue weighted by Crippen LogP contribution is -2.39. The number of rotatable bonds is 2. The second-order valence-electron chi connectivity index (χ2n) is 3.86. The van der Waals surface area contributed by atoms with Crippen LogP contribution < -0.4 is 10.9 Å². The minimum atomic E-state index is -0.304. The molecule has 1 fully saturated rings. The van der Waals surface area contributed by atoms with Gasteiger partial charge in [0.05, 0.1) is 6.20 Å². The van der Waals surface area contributed by atoms with E-state index in [4.69, 9.17) is 0 Å². The molecule has 1 atom stereocenters. The van der Waals surface area contributed by atoms with Crippen LogP contribution in [0.25, 0.3) is 0 Å². The lowest BCUT2D eigenvalue weighted by atomic mass is 10.2. The highest BCUT2D eigenvalue weighted by Crippen LogP contribution is 2.08. The zero-order chi connectivity index (χ0) is 11.5. The third-order valence-electron chi connectivity index (χ3n) is 2.79. The van der Waals surface area contributed by atoms with E-state index in [-0.39, 0.29) is 23.2 Å². The maximum atomic E-state index is 12.0. The van der Waals surface area contributed by atoms with Gasteiger partial charge in [-0.2, -0.15) is 0 Å². The number of nitrogens with one attached hydrogen (secondary N) is 2. The fourth-order valence-corrected chi connectivity index (χ4v) is 1.78. The number of nitrogens with zero attached hydrogens (tertiary/aromatic N) is 2. The van der Waals surface area contributed by atoms with E-state index in [0.29, 0.717) is 0 Å². The van der Waals surface area contributed by atoms with Crippen LogP contribution in [-0.4, -0.2) is 47.0 Å². The SMILES string of the molecule is CN(C(=O)c1c[nH]c(=O)cn1)C1CCNC1. The molecular weight excluding hydrogens is 208 g/mol. The van der Waals surface area contributed by atoms with Gasteiger partial charge in [-0.1, -0.05) is 0 Å². The van der Waals surface area contributed by atoms with Gasteiger partial charge in [-0.3, -0.25) is 9.59 Å². The van der Waals surface area contributed by atoms with Crippen molar-refractivity contribution in [2.75, 3.05) is 20.1 Å². The third-order valence-corrected chi connectivity index (χ3v) is 2.79. The van der Waals surface area contributed by atoms with Crippen molar-refractivity contribution in [3.63, 3.8) is 0 Å². The highest BCUT2D eigenvalue weighted by Gasteiger charge is 2.24. The predicted molar refractivity (Wildman–Crippen MR) is 58.2 cm³/mol. The molecule has 0 bridgehead atoms. The van der Waals surface area contributed by atoms with Gasteiger partial charge in [0, 0.05) is 25.8 Å². The van der Waals surface area contributed by atoms with E-state index in [9.17, 15) is 9.59 Å². The molecule has 0 radical (unpaired) electrons. The average molecular weight is 222 g/mol. The number of amides is 1. The molecule has 1 aromatic rings. The normalized spacial score (nSPS) is 19.7. The summed E-state index contributed by atoms with van der Waals surface area (Å²) in [4.78, 5) is 30.7. The van der Waals surface area contributed by atoms with Crippen molar-refractivity contribution in [2.24, 2.45) is 0 Å². The molecule has 0 aliphatic carbocycles. The van der Waals surface area contributed by atoms with Gasteiger partial charge in [0.15, 0.2) is 0 Å². The molecule has 0 spiro atoms. The summed E-state index contributed by atoms with van der Waals surface area (Å²) in [6, 6.07) is 0.209. The summed E-state index contributed by atoms with van der Waals surface area (Å²) in [5, 5.41) is 3.20. The number of H-pyrrole nitrogens is 1. The van der Waals surface area contributed by atoms with Crippen molar-refractivity contribution in [2.45, 2.75) is 12.5 Å². The lowest BCUT2D eigenvalue weighted by molar-refractivity contribution is 0.0737. The summed E-state index contributed by atoms with van der Waals surface area (Å²) in [6.07, 6.45) is 3.42. The highest BCUT2D eigenvalue weighted by atomic mass is 16.2. The topological polar surface area (TPSA) is 78.1 Å². The quantitative estimate of drug-likeness (QED) is 0.687. The van der Waals surface area contributed by atoms with Crippen molar-refractivity contribution >= 4 is 5.91 Å². The molecule has 6 nitrogen and oxygen atoms in total. The Balaban J connectivity index is 2.11. The lowest BCUT2D eigenvalue weighted by Gasteiger charge is -2.23. The highest BCUT2D eigenvalue weighted by molar-refractivity contribution is 5.92. The molecule has 0 saturated carbocycles. The Hall–Kier alpha value is -1.69. The molecule has 1 aliphatic rings. The van der Waals surface area contributed by atoms with Crippen LogP contribution in [0.15, 0.2) is 17.2 Å². The molecule has 2 N–H and O–H groups in total. The molecule has 16 heavy (non-hydrogen) atoms. The van der Waals surface area contributed by atoms with Crippen molar-refractivity contribution in [3.05, 3.63) is 28.4 Å². The summed E-state index contributed by atoms with van der Waals surface area (Å²) in [7, 11) is 1.76. The molecule has 2 rings (SSSR count). The number of carbonyl (C=O) groups excluding carboxylic acids is 1. The molecule has 1 aliphatic heterocycles. The van der Waals surface area contributed by atoms with E-state index >= 15 is 0 Å². The van der Waals surface area contributed by atoms with Crippen LogP contribution in [0.3, 0.4) is 0 Å². The summed E-state index contributed by atoms with van der Waals surface area (Å²) in [5.74, 6) is -0.162. The van der Waals surface area contributed by atoms with Crippen LogP contribution in [0.2, 0.25) is 0 Å². The fourth-order valence-electron chi connectivity index (χ4n) is 1.78. The van der Waals surface area contributed by atoms with Gasteiger partial charge in [0.25, 0.3) is 11.5 Å². The molecule has 1 amide bonds. The van der Waals surface area contributed by atoms with Crippen LogP contribution in [-0.2, 0) is 0 Å². The van der Waals surface area contributed by atoms with Gasteiger partial charge in [-0.15, -0.1) is 0 Å². The Labute approximate surface area is 92.7 Å². The maximum Gasteiger partial charge on any atom is 0.274 e. The van der Waals surface area contributed by atoms with Crippen LogP contribution in [0.4, 0.5) is 0 Å². The van der Waals surface area contributed by atoms with E-state index in [1.807, 2.05) is 0 Å². The minimum Gasteiger partial charge on any atom is -0.336 e. The largest absolute Gasteiger partial charge is 0.336 e. The van der Waals surface area contributed by atoms with E-state index in [2.05, 4.69) is 15.3 Å². The van der Waals surface area contributed by atoms with E-state index < -0.39 is 0 Å².